The maximum Gasteiger partial charge on any atom is 0.0972 e. The van der Waals surface area contributed by atoms with E-state index >= 15 is 0 Å². The van der Waals surface area contributed by atoms with Crippen LogP contribution in [0, 0.1) is 0 Å². The first-order chi connectivity index (χ1) is 20.5. The largest absolute Gasteiger partial charge is 0.245 e. The highest BCUT2D eigenvalue weighted by Gasteiger charge is 2.32. The lowest BCUT2D eigenvalue weighted by atomic mass is 9.77. The molecule has 0 amide bonds. The first-order valence-corrected chi connectivity index (χ1v) is 15.1. The van der Waals surface area contributed by atoms with Crippen LogP contribution in [0.2, 0.25) is 0 Å². The molecule has 0 saturated carbocycles. The van der Waals surface area contributed by atoms with Gasteiger partial charge < -0.3 is 0 Å². The molecular weight excluding hydrogens is 529 g/mol. The lowest BCUT2D eigenvalue weighted by molar-refractivity contribution is 0.607. The molecule has 0 bridgehead atoms. The lowest BCUT2D eigenvalue weighted by Gasteiger charge is -2.34. The van der Waals surface area contributed by atoms with E-state index < -0.39 is 0 Å². The predicted octanol–water partition coefficient (Wildman–Crippen LogP) is 10.6. The number of fused-ring (bicyclic) bond motifs is 5. The minimum Gasteiger partial charge on any atom is -0.245 e. The summed E-state index contributed by atoms with van der Waals surface area (Å²) in [5.41, 5.74) is 11.2. The van der Waals surface area contributed by atoms with E-state index in [-0.39, 0.29) is 5.41 Å². The third-order valence-electron chi connectivity index (χ3n) is 8.54. The second kappa shape index (κ2) is 9.68. The Balaban J connectivity index is 1.15. The van der Waals surface area contributed by atoms with Crippen molar-refractivity contribution in [3.05, 3.63) is 145 Å². The standard InChI is InChI=1S/C39H28N2S/c1-39(2)31-10-6-7-11-35(31)42-36-24-30(18-21-32(36)39)25-12-14-27(15-13-25)34-23-20-29-17-16-28-19-22-33(26-8-4-3-5-9-26)40-37(28)38(29)41-34/h3-24H,1-2H3. The summed E-state index contributed by atoms with van der Waals surface area (Å²) in [6, 6.07) is 47.6. The second-order valence-corrected chi connectivity index (χ2v) is 12.6. The fraction of sp³-hybridized carbons (Fsp3) is 0.0769. The molecule has 0 unspecified atom stereocenters. The van der Waals surface area contributed by atoms with Gasteiger partial charge >= 0.3 is 0 Å². The average molecular weight is 557 g/mol. The van der Waals surface area contributed by atoms with Gasteiger partial charge in [-0.05, 0) is 46.5 Å². The molecule has 0 saturated heterocycles. The van der Waals surface area contributed by atoms with Crippen molar-refractivity contribution in [1.82, 2.24) is 9.97 Å². The minimum absolute atomic E-state index is 0.0117. The van der Waals surface area contributed by atoms with E-state index in [1.165, 1.54) is 32.0 Å². The van der Waals surface area contributed by atoms with Gasteiger partial charge in [0.2, 0.25) is 0 Å². The Kier molecular flexibility index (Phi) is 5.77. The van der Waals surface area contributed by atoms with Crippen molar-refractivity contribution in [1.29, 1.82) is 0 Å². The van der Waals surface area contributed by atoms with Crippen LogP contribution < -0.4 is 0 Å². The smallest absolute Gasteiger partial charge is 0.0972 e. The van der Waals surface area contributed by atoms with Crippen LogP contribution in [-0.2, 0) is 5.41 Å². The zero-order valence-electron chi connectivity index (χ0n) is 23.5. The molecule has 0 aliphatic carbocycles. The van der Waals surface area contributed by atoms with Crippen molar-refractivity contribution >= 4 is 33.6 Å². The van der Waals surface area contributed by atoms with Gasteiger partial charge in [-0.2, -0.15) is 0 Å². The quantitative estimate of drug-likeness (QED) is 0.202. The van der Waals surface area contributed by atoms with Crippen LogP contribution >= 0.6 is 11.8 Å². The van der Waals surface area contributed by atoms with E-state index in [1.54, 1.807) is 0 Å². The number of hydrogen-bond acceptors (Lipinski definition) is 3. The maximum atomic E-state index is 5.14. The normalized spacial score (nSPS) is 13.6. The van der Waals surface area contributed by atoms with Crippen molar-refractivity contribution in [2.45, 2.75) is 29.1 Å². The Morgan fingerprint density at radius 1 is 0.452 bits per heavy atom. The van der Waals surface area contributed by atoms with Gasteiger partial charge in [-0.1, -0.05) is 135 Å². The molecule has 5 aromatic carbocycles. The number of benzene rings is 5. The lowest BCUT2D eigenvalue weighted by Crippen LogP contribution is -2.23. The number of hydrogen-bond donors (Lipinski definition) is 0. The van der Waals surface area contributed by atoms with Crippen molar-refractivity contribution in [3.8, 4) is 33.6 Å². The van der Waals surface area contributed by atoms with E-state index in [0.29, 0.717) is 0 Å². The summed E-state index contributed by atoms with van der Waals surface area (Å²) in [6.07, 6.45) is 0. The van der Waals surface area contributed by atoms with E-state index in [4.69, 9.17) is 9.97 Å². The first kappa shape index (κ1) is 25.0. The molecule has 0 radical (unpaired) electrons. The van der Waals surface area contributed by atoms with E-state index in [1.807, 2.05) is 30.0 Å². The van der Waals surface area contributed by atoms with Gasteiger partial charge in [-0.3, -0.25) is 0 Å². The van der Waals surface area contributed by atoms with E-state index in [2.05, 4.69) is 129 Å². The highest BCUT2D eigenvalue weighted by atomic mass is 32.2. The zero-order valence-corrected chi connectivity index (χ0v) is 24.3. The van der Waals surface area contributed by atoms with E-state index in [0.717, 1.165) is 44.3 Å². The van der Waals surface area contributed by atoms with Gasteiger partial charge in [-0.15, -0.1) is 0 Å². The molecular formula is C39H28N2S. The van der Waals surface area contributed by atoms with Gasteiger partial charge in [0, 0.05) is 37.1 Å². The SMILES string of the molecule is CC1(C)c2ccccc2Sc2cc(-c3ccc(-c4ccc5ccc6ccc(-c7ccccc7)nc6c5n4)cc3)ccc21. The third kappa shape index (κ3) is 4.12. The summed E-state index contributed by atoms with van der Waals surface area (Å²) in [7, 11) is 0. The molecule has 200 valence electrons. The van der Waals surface area contributed by atoms with Crippen LogP contribution in [0.25, 0.3) is 55.4 Å². The van der Waals surface area contributed by atoms with Gasteiger partial charge in [0.05, 0.1) is 22.4 Å². The molecule has 1 aliphatic heterocycles. The highest BCUT2D eigenvalue weighted by Crippen LogP contribution is 2.49. The monoisotopic (exact) mass is 556 g/mol. The maximum absolute atomic E-state index is 5.14. The van der Waals surface area contributed by atoms with Crippen LogP contribution in [-0.4, -0.2) is 9.97 Å². The molecule has 0 N–H and O–H groups in total. The number of rotatable bonds is 3. The molecule has 3 heteroatoms. The molecule has 42 heavy (non-hydrogen) atoms. The molecule has 0 atom stereocenters. The first-order valence-electron chi connectivity index (χ1n) is 14.3. The summed E-state index contributed by atoms with van der Waals surface area (Å²) in [6.45, 7) is 4.66. The number of pyridine rings is 2. The molecule has 1 aliphatic rings. The Labute approximate surface area is 250 Å². The fourth-order valence-electron chi connectivity index (χ4n) is 6.17. The average Bonchev–Trinajstić information content (AvgIpc) is 3.04. The topological polar surface area (TPSA) is 25.8 Å². The fourth-order valence-corrected chi connectivity index (χ4v) is 7.61. The Bertz CT molecular complexity index is 2130. The molecule has 7 aromatic rings. The Morgan fingerprint density at radius 2 is 0.976 bits per heavy atom. The van der Waals surface area contributed by atoms with Crippen molar-refractivity contribution in [2.75, 3.05) is 0 Å². The Hall–Kier alpha value is -4.73. The van der Waals surface area contributed by atoms with Crippen LogP contribution in [0.3, 0.4) is 0 Å². The van der Waals surface area contributed by atoms with Crippen molar-refractivity contribution < 1.29 is 0 Å². The molecule has 8 rings (SSSR count). The zero-order chi connectivity index (χ0) is 28.3. The summed E-state index contributed by atoms with van der Waals surface area (Å²) < 4.78 is 0. The molecule has 2 aromatic heterocycles. The summed E-state index contributed by atoms with van der Waals surface area (Å²) in [5, 5.41) is 2.19. The summed E-state index contributed by atoms with van der Waals surface area (Å²) >= 11 is 1.88. The number of nitrogens with zero attached hydrogens (tertiary/aromatic N) is 2. The van der Waals surface area contributed by atoms with Gasteiger partial charge in [0.15, 0.2) is 0 Å². The van der Waals surface area contributed by atoms with Crippen LogP contribution in [0.1, 0.15) is 25.0 Å². The predicted molar refractivity (Wildman–Crippen MR) is 176 cm³/mol. The number of aromatic nitrogens is 2. The molecule has 2 nitrogen and oxygen atoms in total. The van der Waals surface area contributed by atoms with Gasteiger partial charge in [-0.25, -0.2) is 9.97 Å². The van der Waals surface area contributed by atoms with Crippen LogP contribution in [0.5, 0.6) is 0 Å². The van der Waals surface area contributed by atoms with Gasteiger partial charge in [0.1, 0.15) is 0 Å². The summed E-state index contributed by atoms with van der Waals surface area (Å²) in [5.74, 6) is 0. The van der Waals surface area contributed by atoms with Gasteiger partial charge in [0.25, 0.3) is 0 Å². The molecule has 0 fully saturated rings. The Morgan fingerprint density at radius 3 is 1.67 bits per heavy atom. The van der Waals surface area contributed by atoms with Crippen LogP contribution in [0.4, 0.5) is 0 Å². The highest BCUT2D eigenvalue weighted by molar-refractivity contribution is 7.99. The van der Waals surface area contributed by atoms with Crippen molar-refractivity contribution in [3.63, 3.8) is 0 Å². The van der Waals surface area contributed by atoms with E-state index in [9.17, 15) is 0 Å². The van der Waals surface area contributed by atoms with Crippen LogP contribution in [0.15, 0.2) is 143 Å². The minimum atomic E-state index is -0.0117. The third-order valence-corrected chi connectivity index (χ3v) is 9.67. The van der Waals surface area contributed by atoms with Crippen molar-refractivity contribution in [2.24, 2.45) is 0 Å². The molecule has 0 spiro atoms. The summed E-state index contributed by atoms with van der Waals surface area (Å²) in [4.78, 5) is 12.9. The second-order valence-electron chi connectivity index (χ2n) is 11.5. The molecule has 3 heterocycles.